The summed E-state index contributed by atoms with van der Waals surface area (Å²) in [4.78, 5) is 10.1. The van der Waals surface area contributed by atoms with E-state index in [4.69, 9.17) is 17.3 Å². The van der Waals surface area contributed by atoms with Gasteiger partial charge in [0.25, 0.3) is 15.7 Å². The molecule has 21 heavy (non-hydrogen) atoms. The lowest BCUT2D eigenvalue weighted by Gasteiger charge is -2.30. The largest absolute Gasteiger partial charge is 0.330 e. The second-order valence-corrected chi connectivity index (χ2v) is 8.58. The summed E-state index contributed by atoms with van der Waals surface area (Å²) in [5, 5.41) is 10.7. The third-order valence-corrected chi connectivity index (χ3v) is 6.93. The first-order chi connectivity index (χ1) is 9.85. The Morgan fingerprint density at radius 3 is 2.71 bits per heavy atom. The van der Waals surface area contributed by atoms with Gasteiger partial charge in [-0.25, -0.2) is 13.1 Å². The van der Waals surface area contributed by atoms with Crippen molar-refractivity contribution in [3.8, 4) is 0 Å². The van der Waals surface area contributed by atoms with E-state index >= 15 is 0 Å². The highest BCUT2D eigenvalue weighted by Crippen LogP contribution is 2.36. The fourth-order valence-electron chi connectivity index (χ4n) is 2.50. The van der Waals surface area contributed by atoms with E-state index in [0.29, 0.717) is 17.9 Å². The van der Waals surface area contributed by atoms with E-state index in [1.165, 1.54) is 0 Å². The summed E-state index contributed by atoms with van der Waals surface area (Å²) in [6.07, 6.45) is 3.59. The molecule has 10 heteroatoms. The molecule has 0 radical (unpaired) electrons. The number of rotatable bonds is 5. The van der Waals surface area contributed by atoms with Crippen molar-refractivity contribution in [1.82, 2.24) is 4.72 Å². The Hall–Kier alpha value is -0.740. The van der Waals surface area contributed by atoms with Crippen molar-refractivity contribution in [2.45, 2.75) is 35.9 Å². The Morgan fingerprint density at radius 1 is 1.48 bits per heavy atom. The van der Waals surface area contributed by atoms with Gasteiger partial charge in [-0.05, 0) is 25.3 Å². The Balaban J connectivity index is 2.21. The standard InChI is InChI=1S/C11H16ClN3O4S2/c12-11-9(15(16)17)5-10(20-11)21(18,19)14-8-4-2-1-3-7(8)6-13/h5,7-8,14H,1-4,6,13H2. The van der Waals surface area contributed by atoms with E-state index in [-0.39, 0.29) is 26.2 Å². The Labute approximate surface area is 131 Å². The molecule has 0 spiro atoms. The van der Waals surface area contributed by atoms with Crippen LogP contribution in [0.1, 0.15) is 25.7 Å². The quantitative estimate of drug-likeness (QED) is 0.621. The lowest BCUT2D eigenvalue weighted by atomic mass is 9.85. The predicted molar refractivity (Wildman–Crippen MR) is 81.1 cm³/mol. The minimum atomic E-state index is -3.81. The average molecular weight is 354 g/mol. The van der Waals surface area contributed by atoms with Gasteiger partial charge in [-0.3, -0.25) is 10.1 Å². The maximum absolute atomic E-state index is 12.3. The van der Waals surface area contributed by atoms with Crippen molar-refractivity contribution < 1.29 is 13.3 Å². The molecule has 2 atom stereocenters. The summed E-state index contributed by atoms with van der Waals surface area (Å²) in [6.45, 7) is 0.415. The monoisotopic (exact) mass is 353 g/mol. The molecule has 0 aliphatic heterocycles. The van der Waals surface area contributed by atoms with Gasteiger partial charge in [-0.1, -0.05) is 24.4 Å². The number of nitro groups is 1. The number of halogens is 1. The van der Waals surface area contributed by atoms with Gasteiger partial charge < -0.3 is 5.73 Å². The second kappa shape index (κ2) is 6.57. The van der Waals surface area contributed by atoms with E-state index < -0.39 is 14.9 Å². The molecule has 1 aromatic heterocycles. The van der Waals surface area contributed by atoms with Crippen molar-refractivity contribution >= 4 is 38.6 Å². The number of hydrogen-bond acceptors (Lipinski definition) is 6. The van der Waals surface area contributed by atoms with E-state index in [0.717, 1.165) is 31.7 Å². The number of nitrogens with two attached hydrogens (primary N) is 1. The lowest BCUT2D eigenvalue weighted by molar-refractivity contribution is -0.384. The van der Waals surface area contributed by atoms with Crippen molar-refractivity contribution in [3.63, 3.8) is 0 Å². The third kappa shape index (κ3) is 3.72. The van der Waals surface area contributed by atoms with E-state index in [2.05, 4.69) is 4.72 Å². The lowest BCUT2D eigenvalue weighted by Crippen LogP contribution is -2.44. The number of hydrogen-bond donors (Lipinski definition) is 2. The van der Waals surface area contributed by atoms with Gasteiger partial charge in [0.1, 0.15) is 4.21 Å². The summed E-state index contributed by atoms with van der Waals surface area (Å²) >= 11 is 6.40. The summed E-state index contributed by atoms with van der Waals surface area (Å²) < 4.78 is 27.0. The minimum absolute atomic E-state index is 0.0962. The van der Waals surface area contributed by atoms with Crippen molar-refractivity contribution in [2.75, 3.05) is 6.54 Å². The second-order valence-electron chi connectivity index (χ2n) is 4.99. The van der Waals surface area contributed by atoms with Gasteiger partial charge >= 0.3 is 0 Å². The summed E-state index contributed by atoms with van der Waals surface area (Å²) in [6, 6.07) is 0.768. The van der Waals surface area contributed by atoms with Gasteiger partial charge in [-0.2, -0.15) is 0 Å². The number of sulfonamides is 1. The SMILES string of the molecule is NCC1CCCCC1NS(=O)(=O)c1cc([N+](=O)[O-])c(Cl)s1. The average Bonchev–Trinajstić information content (AvgIpc) is 2.82. The van der Waals surface area contributed by atoms with E-state index in [1.807, 2.05) is 0 Å². The molecule has 0 aromatic carbocycles. The third-order valence-electron chi connectivity index (χ3n) is 3.63. The van der Waals surface area contributed by atoms with E-state index in [9.17, 15) is 18.5 Å². The molecule has 0 amide bonds. The molecule has 1 aliphatic carbocycles. The predicted octanol–water partition coefficient (Wildman–Crippen LogP) is 2.11. The normalized spacial score (nSPS) is 23.1. The molecule has 2 rings (SSSR count). The summed E-state index contributed by atoms with van der Waals surface area (Å²) in [5.74, 6) is 0.0962. The van der Waals surface area contributed by atoms with Crippen molar-refractivity contribution in [3.05, 3.63) is 20.5 Å². The van der Waals surface area contributed by atoms with Crippen LogP contribution in [0, 0.1) is 16.0 Å². The molecule has 1 fully saturated rings. The van der Waals surface area contributed by atoms with Crippen LogP contribution in [0.4, 0.5) is 5.69 Å². The molecule has 1 aromatic rings. The van der Waals surface area contributed by atoms with Crippen LogP contribution in [0.5, 0.6) is 0 Å². The topological polar surface area (TPSA) is 115 Å². The van der Waals surface area contributed by atoms with Gasteiger partial charge in [0.2, 0.25) is 0 Å². The first-order valence-electron chi connectivity index (χ1n) is 6.51. The van der Waals surface area contributed by atoms with Crippen LogP contribution < -0.4 is 10.5 Å². The molecular formula is C11H16ClN3O4S2. The molecule has 1 heterocycles. The number of nitrogens with zero attached hydrogens (tertiary/aromatic N) is 1. The van der Waals surface area contributed by atoms with Gasteiger partial charge in [0.15, 0.2) is 4.34 Å². The maximum Gasteiger partial charge on any atom is 0.300 e. The van der Waals surface area contributed by atoms with Crippen LogP contribution in [0.25, 0.3) is 0 Å². The highest BCUT2D eigenvalue weighted by molar-refractivity contribution is 7.91. The smallest absolute Gasteiger partial charge is 0.300 e. The highest BCUT2D eigenvalue weighted by Gasteiger charge is 2.31. The molecule has 0 bridgehead atoms. The van der Waals surface area contributed by atoms with Gasteiger partial charge in [-0.15, -0.1) is 11.3 Å². The molecule has 1 saturated carbocycles. The van der Waals surface area contributed by atoms with Crippen LogP contribution in [0.2, 0.25) is 4.34 Å². The van der Waals surface area contributed by atoms with Crippen LogP contribution >= 0.6 is 22.9 Å². The van der Waals surface area contributed by atoms with Crippen molar-refractivity contribution in [1.29, 1.82) is 0 Å². The molecular weight excluding hydrogens is 338 g/mol. The van der Waals surface area contributed by atoms with Crippen LogP contribution in [-0.2, 0) is 10.0 Å². The molecule has 7 nitrogen and oxygen atoms in total. The van der Waals surface area contributed by atoms with Crippen LogP contribution in [0.15, 0.2) is 10.3 Å². The Bertz CT molecular complexity index is 631. The minimum Gasteiger partial charge on any atom is -0.330 e. The zero-order valence-corrected chi connectivity index (χ0v) is 13.5. The summed E-state index contributed by atoms with van der Waals surface area (Å²) in [7, 11) is -3.81. The zero-order valence-electron chi connectivity index (χ0n) is 11.1. The van der Waals surface area contributed by atoms with Gasteiger partial charge in [0.05, 0.1) is 4.92 Å². The van der Waals surface area contributed by atoms with Crippen LogP contribution in [0.3, 0.4) is 0 Å². The number of nitrogens with one attached hydrogen (secondary N) is 1. The molecule has 1 aliphatic rings. The van der Waals surface area contributed by atoms with E-state index in [1.54, 1.807) is 0 Å². The highest BCUT2D eigenvalue weighted by atomic mass is 35.5. The number of thiophene rings is 1. The van der Waals surface area contributed by atoms with Crippen LogP contribution in [-0.4, -0.2) is 25.9 Å². The molecule has 3 N–H and O–H groups in total. The molecule has 118 valence electrons. The molecule has 0 saturated heterocycles. The van der Waals surface area contributed by atoms with Gasteiger partial charge in [0, 0.05) is 12.1 Å². The fourth-order valence-corrected chi connectivity index (χ4v) is 5.52. The Kier molecular flexibility index (Phi) is 5.20. The first-order valence-corrected chi connectivity index (χ1v) is 9.19. The first kappa shape index (κ1) is 16.6. The summed E-state index contributed by atoms with van der Waals surface area (Å²) in [5.41, 5.74) is 5.29. The zero-order chi connectivity index (χ0) is 15.6. The maximum atomic E-state index is 12.3. The molecule has 2 unspecified atom stereocenters. The Morgan fingerprint density at radius 2 is 2.14 bits per heavy atom. The fraction of sp³-hybridized carbons (Fsp3) is 0.636. The van der Waals surface area contributed by atoms with Crippen molar-refractivity contribution in [2.24, 2.45) is 11.7 Å².